The van der Waals surface area contributed by atoms with Crippen LogP contribution in [0.5, 0.6) is 0 Å². The predicted molar refractivity (Wildman–Crippen MR) is 62.0 cm³/mol. The van der Waals surface area contributed by atoms with Crippen LogP contribution in [0.15, 0.2) is 18.2 Å². The van der Waals surface area contributed by atoms with Crippen molar-refractivity contribution in [2.24, 2.45) is 0 Å². The summed E-state index contributed by atoms with van der Waals surface area (Å²) in [4.78, 5) is 11.2. The Morgan fingerprint density at radius 3 is 2.87 bits per heavy atom. The molecule has 0 amide bonds. The lowest BCUT2D eigenvalue weighted by Crippen LogP contribution is -2.06. The lowest BCUT2D eigenvalue weighted by molar-refractivity contribution is 0.0601. The molecule has 3 nitrogen and oxygen atoms in total. The van der Waals surface area contributed by atoms with E-state index < -0.39 is 0 Å². The van der Waals surface area contributed by atoms with Crippen LogP contribution in [-0.4, -0.2) is 25.5 Å². The second kappa shape index (κ2) is 5.83. The highest BCUT2D eigenvalue weighted by atomic mass is 35.5. The molecule has 0 aliphatic carbocycles. The molecule has 0 heterocycles. The first-order valence-electron chi connectivity index (χ1n) is 4.36. The van der Waals surface area contributed by atoms with E-state index in [1.54, 1.807) is 18.2 Å². The van der Waals surface area contributed by atoms with Gasteiger partial charge < -0.3 is 10.1 Å². The SMILES string of the molecule is COC(=O)c1ccc(Cl)c(NCCCl)c1. The number of carbonyl (C=O) groups excluding carboxylic acids is 1. The number of nitrogens with one attached hydrogen (secondary N) is 1. The van der Waals surface area contributed by atoms with Gasteiger partial charge in [-0.3, -0.25) is 0 Å². The molecule has 0 saturated carbocycles. The third kappa shape index (κ3) is 3.29. The van der Waals surface area contributed by atoms with Crippen molar-refractivity contribution in [3.8, 4) is 0 Å². The van der Waals surface area contributed by atoms with Crippen molar-refractivity contribution in [3.05, 3.63) is 28.8 Å². The molecule has 15 heavy (non-hydrogen) atoms. The van der Waals surface area contributed by atoms with E-state index in [0.717, 1.165) is 0 Å². The number of anilines is 1. The number of benzene rings is 1. The maximum atomic E-state index is 11.2. The van der Waals surface area contributed by atoms with E-state index in [4.69, 9.17) is 23.2 Å². The maximum absolute atomic E-state index is 11.2. The second-order valence-corrected chi connectivity index (χ2v) is 3.59. The van der Waals surface area contributed by atoms with Crippen LogP contribution in [-0.2, 0) is 4.74 Å². The van der Waals surface area contributed by atoms with Gasteiger partial charge in [-0.15, -0.1) is 11.6 Å². The van der Waals surface area contributed by atoms with E-state index in [2.05, 4.69) is 10.1 Å². The minimum atomic E-state index is -0.388. The first kappa shape index (κ1) is 12.1. The summed E-state index contributed by atoms with van der Waals surface area (Å²) < 4.78 is 4.60. The number of carbonyl (C=O) groups is 1. The predicted octanol–water partition coefficient (Wildman–Crippen LogP) is 2.78. The van der Waals surface area contributed by atoms with Gasteiger partial charge >= 0.3 is 5.97 Å². The van der Waals surface area contributed by atoms with Crippen molar-refractivity contribution >= 4 is 34.9 Å². The smallest absolute Gasteiger partial charge is 0.337 e. The van der Waals surface area contributed by atoms with E-state index in [1.165, 1.54) is 7.11 Å². The van der Waals surface area contributed by atoms with Gasteiger partial charge in [0, 0.05) is 12.4 Å². The van der Waals surface area contributed by atoms with Crippen LogP contribution < -0.4 is 5.32 Å². The zero-order valence-electron chi connectivity index (χ0n) is 8.22. The average molecular weight is 248 g/mol. The molecule has 0 radical (unpaired) electrons. The lowest BCUT2D eigenvalue weighted by atomic mass is 10.2. The van der Waals surface area contributed by atoms with Crippen molar-refractivity contribution < 1.29 is 9.53 Å². The van der Waals surface area contributed by atoms with E-state index in [9.17, 15) is 4.79 Å². The molecular formula is C10H11Cl2NO2. The summed E-state index contributed by atoms with van der Waals surface area (Å²) in [6.07, 6.45) is 0. The van der Waals surface area contributed by atoms with Crippen LogP contribution in [0.25, 0.3) is 0 Å². The zero-order chi connectivity index (χ0) is 11.3. The lowest BCUT2D eigenvalue weighted by Gasteiger charge is -2.08. The van der Waals surface area contributed by atoms with Crippen molar-refractivity contribution in [2.45, 2.75) is 0 Å². The summed E-state index contributed by atoms with van der Waals surface area (Å²) >= 11 is 11.5. The highest BCUT2D eigenvalue weighted by molar-refractivity contribution is 6.33. The number of halogens is 2. The minimum absolute atomic E-state index is 0.388. The van der Waals surface area contributed by atoms with Gasteiger partial charge in [-0.25, -0.2) is 4.79 Å². The quantitative estimate of drug-likeness (QED) is 0.657. The van der Waals surface area contributed by atoms with Crippen molar-refractivity contribution in [3.63, 3.8) is 0 Å². The Labute approximate surface area is 98.3 Å². The first-order chi connectivity index (χ1) is 7.19. The van der Waals surface area contributed by atoms with Crippen LogP contribution in [0.4, 0.5) is 5.69 Å². The Morgan fingerprint density at radius 2 is 2.27 bits per heavy atom. The monoisotopic (exact) mass is 247 g/mol. The van der Waals surface area contributed by atoms with Crippen LogP contribution in [0.3, 0.4) is 0 Å². The molecule has 0 unspecified atom stereocenters. The maximum Gasteiger partial charge on any atom is 0.337 e. The molecule has 1 rings (SSSR count). The molecule has 0 saturated heterocycles. The van der Waals surface area contributed by atoms with Gasteiger partial charge in [0.15, 0.2) is 0 Å². The number of alkyl halides is 1. The standard InChI is InChI=1S/C10H11Cl2NO2/c1-15-10(14)7-2-3-8(12)9(6-7)13-5-4-11/h2-3,6,13H,4-5H2,1H3. The van der Waals surface area contributed by atoms with Gasteiger partial charge in [0.05, 0.1) is 23.4 Å². The fraction of sp³-hybridized carbons (Fsp3) is 0.300. The molecule has 1 aromatic carbocycles. The molecule has 0 aliphatic rings. The summed E-state index contributed by atoms with van der Waals surface area (Å²) in [5, 5.41) is 3.56. The third-order valence-corrected chi connectivity index (χ3v) is 2.32. The molecule has 0 fully saturated rings. The van der Waals surface area contributed by atoms with E-state index in [-0.39, 0.29) is 5.97 Å². The van der Waals surface area contributed by atoms with Gasteiger partial charge in [-0.2, -0.15) is 0 Å². The normalized spacial score (nSPS) is 9.80. The number of ether oxygens (including phenoxy) is 1. The molecule has 0 atom stereocenters. The van der Waals surface area contributed by atoms with Gasteiger partial charge in [0.2, 0.25) is 0 Å². The van der Waals surface area contributed by atoms with Crippen LogP contribution in [0.2, 0.25) is 5.02 Å². The summed E-state index contributed by atoms with van der Waals surface area (Å²) in [5.41, 5.74) is 1.14. The molecule has 82 valence electrons. The Balaban J connectivity index is 2.89. The van der Waals surface area contributed by atoms with E-state index in [1.807, 2.05) is 0 Å². The third-order valence-electron chi connectivity index (χ3n) is 1.80. The van der Waals surface area contributed by atoms with Crippen LogP contribution in [0.1, 0.15) is 10.4 Å². The minimum Gasteiger partial charge on any atom is -0.465 e. The largest absolute Gasteiger partial charge is 0.465 e. The fourth-order valence-corrected chi connectivity index (χ4v) is 1.37. The van der Waals surface area contributed by atoms with E-state index in [0.29, 0.717) is 28.7 Å². The molecule has 1 aromatic rings. The summed E-state index contributed by atoms with van der Waals surface area (Å²) in [5.74, 6) is 0.0827. The van der Waals surface area contributed by atoms with Crippen molar-refractivity contribution in [1.82, 2.24) is 0 Å². The average Bonchev–Trinajstić information content (AvgIpc) is 2.27. The molecule has 0 spiro atoms. The summed E-state index contributed by atoms with van der Waals surface area (Å²) in [6.45, 7) is 0.589. The highest BCUT2D eigenvalue weighted by Gasteiger charge is 2.08. The topological polar surface area (TPSA) is 38.3 Å². The van der Waals surface area contributed by atoms with Crippen LogP contribution >= 0.6 is 23.2 Å². The number of rotatable bonds is 4. The number of methoxy groups -OCH3 is 1. The fourth-order valence-electron chi connectivity index (χ4n) is 1.09. The molecule has 5 heteroatoms. The number of hydrogen-bond donors (Lipinski definition) is 1. The summed E-state index contributed by atoms with van der Waals surface area (Å²) in [7, 11) is 1.34. The van der Waals surface area contributed by atoms with Crippen LogP contribution in [0, 0.1) is 0 Å². The molecular weight excluding hydrogens is 237 g/mol. The Kier molecular flexibility index (Phi) is 4.72. The van der Waals surface area contributed by atoms with Gasteiger partial charge in [0.1, 0.15) is 0 Å². The zero-order valence-corrected chi connectivity index (χ0v) is 9.73. The van der Waals surface area contributed by atoms with Gasteiger partial charge in [-0.1, -0.05) is 11.6 Å². The Bertz CT molecular complexity index is 355. The van der Waals surface area contributed by atoms with Crippen molar-refractivity contribution in [1.29, 1.82) is 0 Å². The Hall–Kier alpha value is -0.930. The van der Waals surface area contributed by atoms with Gasteiger partial charge in [-0.05, 0) is 18.2 Å². The summed E-state index contributed by atoms with van der Waals surface area (Å²) in [6, 6.07) is 4.89. The Morgan fingerprint density at radius 1 is 1.53 bits per heavy atom. The van der Waals surface area contributed by atoms with Gasteiger partial charge in [0.25, 0.3) is 0 Å². The molecule has 1 N–H and O–H groups in total. The molecule has 0 aliphatic heterocycles. The number of hydrogen-bond acceptors (Lipinski definition) is 3. The molecule has 0 aromatic heterocycles. The molecule has 0 bridgehead atoms. The second-order valence-electron chi connectivity index (χ2n) is 2.80. The van der Waals surface area contributed by atoms with Crippen molar-refractivity contribution in [2.75, 3.05) is 24.9 Å². The van der Waals surface area contributed by atoms with E-state index >= 15 is 0 Å². The highest BCUT2D eigenvalue weighted by Crippen LogP contribution is 2.23. The number of esters is 1. The first-order valence-corrected chi connectivity index (χ1v) is 5.28.